The first kappa shape index (κ1) is 12.0. The van der Waals surface area contributed by atoms with Crippen LogP contribution in [-0.2, 0) is 6.54 Å². The van der Waals surface area contributed by atoms with Gasteiger partial charge in [0.25, 0.3) is 0 Å². The van der Waals surface area contributed by atoms with E-state index in [9.17, 15) is 0 Å². The molecule has 19 heavy (non-hydrogen) atoms. The Bertz CT molecular complexity index is 541. The van der Waals surface area contributed by atoms with Crippen LogP contribution in [0, 0.1) is 6.67 Å². The summed E-state index contributed by atoms with van der Waals surface area (Å²) in [7, 11) is 0. The summed E-state index contributed by atoms with van der Waals surface area (Å²) in [5.41, 5.74) is 7.50. The summed E-state index contributed by atoms with van der Waals surface area (Å²) in [6, 6.07) is 14.5. The fraction of sp³-hybridized carbons (Fsp3) is 0.200. The Hall–Kier alpha value is -2.07. The van der Waals surface area contributed by atoms with E-state index in [2.05, 4.69) is 57.5 Å². The lowest BCUT2D eigenvalue weighted by Gasteiger charge is -2.19. The average Bonchev–Trinajstić information content (AvgIpc) is 2.79. The summed E-state index contributed by atoms with van der Waals surface area (Å²) in [5, 5.41) is 0. The molecule has 0 atom stereocenters. The van der Waals surface area contributed by atoms with Crippen LogP contribution in [0.5, 0.6) is 0 Å². The van der Waals surface area contributed by atoms with Gasteiger partial charge in [-0.05, 0) is 24.3 Å². The van der Waals surface area contributed by atoms with Gasteiger partial charge in [0.05, 0.1) is 36.7 Å². The first-order valence-corrected chi connectivity index (χ1v) is 6.55. The fourth-order valence-electron chi connectivity index (χ4n) is 2.38. The zero-order valence-electron chi connectivity index (χ0n) is 10.9. The second-order valence-corrected chi connectivity index (χ2v) is 4.60. The van der Waals surface area contributed by atoms with Crippen molar-refractivity contribution in [2.75, 3.05) is 22.9 Å². The van der Waals surface area contributed by atoms with E-state index in [1.807, 2.05) is 18.3 Å². The van der Waals surface area contributed by atoms with Crippen LogP contribution in [0.25, 0.3) is 0 Å². The molecule has 1 aliphatic heterocycles. The number of benzene rings is 1. The molecular weight excluding hydrogens is 236 g/mol. The minimum atomic E-state index is 0.797. The molecule has 1 aromatic carbocycles. The highest BCUT2D eigenvalue weighted by molar-refractivity contribution is 5.78. The molecule has 0 bridgehead atoms. The first-order valence-electron chi connectivity index (χ1n) is 6.55. The van der Waals surface area contributed by atoms with Gasteiger partial charge in [0, 0.05) is 6.20 Å². The molecular formula is C15H18N4+. The predicted molar refractivity (Wildman–Crippen MR) is 76.3 cm³/mol. The number of anilines is 2. The topological polar surface area (TPSA) is 47.0 Å². The lowest BCUT2D eigenvalue weighted by molar-refractivity contribution is -0.363. The molecule has 1 aromatic heterocycles. The first-order chi connectivity index (χ1) is 9.38. The van der Waals surface area contributed by atoms with Crippen LogP contribution < -0.4 is 15.5 Å². The van der Waals surface area contributed by atoms with Crippen molar-refractivity contribution in [3.8, 4) is 0 Å². The van der Waals surface area contributed by atoms with Gasteiger partial charge in [0.2, 0.25) is 0 Å². The van der Waals surface area contributed by atoms with Crippen LogP contribution in [0.3, 0.4) is 0 Å². The summed E-state index contributed by atoms with van der Waals surface area (Å²) < 4.78 is 0. The number of fused-ring (bicyclic) bond motifs is 1. The number of para-hydroxylation sites is 2. The van der Waals surface area contributed by atoms with E-state index in [1.54, 1.807) is 0 Å². The third kappa shape index (κ3) is 2.39. The van der Waals surface area contributed by atoms with Gasteiger partial charge in [-0.25, -0.2) is 0 Å². The second-order valence-electron chi connectivity index (χ2n) is 4.60. The lowest BCUT2D eigenvalue weighted by atomic mass is 10.2. The van der Waals surface area contributed by atoms with E-state index in [0.29, 0.717) is 0 Å². The normalized spacial score (nSPS) is 13.7. The molecule has 0 aliphatic carbocycles. The van der Waals surface area contributed by atoms with Gasteiger partial charge in [0.15, 0.2) is 0 Å². The molecule has 3 N–H and O–H groups in total. The molecule has 2 heterocycles. The minimum absolute atomic E-state index is 0.797. The molecule has 0 fully saturated rings. The van der Waals surface area contributed by atoms with E-state index in [0.717, 1.165) is 25.3 Å². The molecule has 0 amide bonds. The van der Waals surface area contributed by atoms with Crippen LogP contribution in [0.1, 0.15) is 5.69 Å². The SMILES string of the molecule is [NH3+]CCN1[CH]N(Cc2ccccn2)c2ccccc21. The Morgan fingerprint density at radius 2 is 1.68 bits per heavy atom. The predicted octanol–water partition coefficient (Wildman–Crippen LogP) is 1.27. The number of hydrogen-bond acceptors (Lipinski definition) is 3. The van der Waals surface area contributed by atoms with Gasteiger partial charge in [-0.3, -0.25) is 4.98 Å². The molecule has 0 saturated carbocycles. The molecule has 97 valence electrons. The zero-order chi connectivity index (χ0) is 13.1. The van der Waals surface area contributed by atoms with Crippen LogP contribution in [0.2, 0.25) is 0 Å². The maximum Gasteiger partial charge on any atom is 0.142 e. The second kappa shape index (κ2) is 5.28. The number of rotatable bonds is 4. The van der Waals surface area contributed by atoms with Gasteiger partial charge in [-0.2, -0.15) is 0 Å². The van der Waals surface area contributed by atoms with E-state index >= 15 is 0 Å². The van der Waals surface area contributed by atoms with E-state index in [-0.39, 0.29) is 0 Å². The molecule has 2 aromatic rings. The van der Waals surface area contributed by atoms with Gasteiger partial charge in [-0.15, -0.1) is 0 Å². The van der Waals surface area contributed by atoms with Crippen molar-refractivity contribution in [3.05, 3.63) is 61.0 Å². The lowest BCUT2D eigenvalue weighted by Crippen LogP contribution is -2.54. The Morgan fingerprint density at radius 1 is 0.947 bits per heavy atom. The monoisotopic (exact) mass is 254 g/mol. The summed E-state index contributed by atoms with van der Waals surface area (Å²) in [5.74, 6) is 0. The maximum atomic E-state index is 4.39. The molecule has 3 rings (SSSR count). The molecule has 4 nitrogen and oxygen atoms in total. The van der Waals surface area contributed by atoms with Gasteiger partial charge in [0.1, 0.15) is 6.67 Å². The Morgan fingerprint density at radius 3 is 2.37 bits per heavy atom. The number of nitrogens with zero attached hydrogens (tertiary/aromatic N) is 3. The van der Waals surface area contributed by atoms with Crippen molar-refractivity contribution in [2.24, 2.45) is 0 Å². The summed E-state index contributed by atoms with van der Waals surface area (Å²) in [6.45, 7) is 4.79. The number of aromatic nitrogens is 1. The quantitative estimate of drug-likeness (QED) is 0.894. The van der Waals surface area contributed by atoms with E-state index in [4.69, 9.17) is 0 Å². The van der Waals surface area contributed by atoms with Crippen molar-refractivity contribution >= 4 is 11.4 Å². The highest BCUT2D eigenvalue weighted by atomic mass is 15.4. The number of quaternary nitrogens is 1. The Kier molecular flexibility index (Phi) is 3.33. The molecule has 0 spiro atoms. The highest BCUT2D eigenvalue weighted by Crippen LogP contribution is 2.37. The third-order valence-electron chi connectivity index (χ3n) is 3.24. The zero-order valence-corrected chi connectivity index (χ0v) is 10.9. The Labute approximate surface area is 113 Å². The molecule has 0 saturated heterocycles. The fourth-order valence-corrected chi connectivity index (χ4v) is 2.38. The highest BCUT2D eigenvalue weighted by Gasteiger charge is 2.25. The molecule has 4 heteroatoms. The maximum absolute atomic E-state index is 4.39. The van der Waals surface area contributed by atoms with Crippen LogP contribution in [0.4, 0.5) is 11.4 Å². The number of pyridine rings is 1. The van der Waals surface area contributed by atoms with Crippen molar-refractivity contribution in [1.29, 1.82) is 0 Å². The van der Waals surface area contributed by atoms with Crippen molar-refractivity contribution in [3.63, 3.8) is 0 Å². The smallest absolute Gasteiger partial charge is 0.142 e. The van der Waals surface area contributed by atoms with E-state index in [1.165, 1.54) is 11.4 Å². The van der Waals surface area contributed by atoms with Crippen molar-refractivity contribution < 1.29 is 5.73 Å². The third-order valence-corrected chi connectivity index (χ3v) is 3.24. The number of hydrogen-bond donors (Lipinski definition) is 1. The van der Waals surface area contributed by atoms with Crippen LogP contribution in [0.15, 0.2) is 48.7 Å². The average molecular weight is 254 g/mol. The van der Waals surface area contributed by atoms with Crippen LogP contribution in [-0.4, -0.2) is 18.1 Å². The van der Waals surface area contributed by atoms with Gasteiger partial charge < -0.3 is 15.5 Å². The molecule has 0 unspecified atom stereocenters. The molecule has 1 radical (unpaired) electrons. The van der Waals surface area contributed by atoms with Gasteiger partial charge >= 0.3 is 0 Å². The summed E-state index contributed by atoms with van der Waals surface area (Å²) in [4.78, 5) is 8.89. The van der Waals surface area contributed by atoms with Crippen LogP contribution >= 0.6 is 0 Å². The van der Waals surface area contributed by atoms with Gasteiger partial charge in [-0.1, -0.05) is 18.2 Å². The summed E-state index contributed by atoms with van der Waals surface area (Å²) in [6.07, 6.45) is 1.84. The Balaban J connectivity index is 1.84. The van der Waals surface area contributed by atoms with Crippen molar-refractivity contribution in [1.82, 2.24) is 4.98 Å². The summed E-state index contributed by atoms with van der Waals surface area (Å²) >= 11 is 0. The molecule has 1 aliphatic rings. The van der Waals surface area contributed by atoms with Crippen molar-refractivity contribution in [2.45, 2.75) is 6.54 Å². The standard InChI is InChI=1S/C15H17N4/c16-8-10-18-12-19(11-13-5-3-4-9-17-13)15-7-2-1-6-14(15)18/h1-7,9,12H,8,10-11,16H2/p+1. The minimum Gasteiger partial charge on any atom is -0.356 e. The van der Waals surface area contributed by atoms with E-state index < -0.39 is 0 Å². The largest absolute Gasteiger partial charge is 0.356 e.